The number of carbonyl (C=O) groups is 2. The molecule has 20 heteroatoms. The fourth-order valence-electron chi connectivity index (χ4n) is 11.1. The van der Waals surface area contributed by atoms with Gasteiger partial charge in [0, 0.05) is 88.8 Å². The lowest BCUT2D eigenvalue weighted by molar-refractivity contribution is -0.384. The standard InChI is InChI=1S/C50H82N6O14/c1-14-40-50(10,70-47(59)60)25-31(3)54(12)28-30(2)24-49(9,61)44(34(6)43(35(7)45(58)67-40)68-41-27-48(8,64-13)26-33(5)65-41)69-46-42(57)39(23-32(4)66-46)53(11)21-20-37-29-55(52-51-37)22-19-36-15-17-38(18-16-36)56(62)63/h15-18,29-35,39-44,46,57,61H,14,19-28H2,1-13H3,(H,59,60)/t30-,31-,32-,33+,34+,35-,39+,40-,41+,42-,43+,44?,46+,48+,49-,50+/m1/s1. The van der Waals surface area contributed by atoms with Crippen molar-refractivity contribution in [1.29, 1.82) is 0 Å². The quantitative estimate of drug-likeness (QED) is 0.105. The Morgan fingerprint density at radius 1 is 1.00 bits per heavy atom. The molecule has 4 heterocycles. The first-order valence-electron chi connectivity index (χ1n) is 25.0. The third-order valence-corrected chi connectivity index (χ3v) is 15.0. The van der Waals surface area contributed by atoms with E-state index in [1.165, 1.54) is 12.1 Å². The number of nitro groups is 1. The second kappa shape index (κ2) is 24.2. The number of hydrogen-bond donors (Lipinski definition) is 3. The minimum atomic E-state index is -1.58. The van der Waals surface area contributed by atoms with Gasteiger partial charge < -0.3 is 58.3 Å². The maximum Gasteiger partial charge on any atom is 0.506 e. The topological polar surface area (TPSA) is 240 Å². The maximum absolute atomic E-state index is 14.6. The number of aromatic nitrogens is 3. The molecule has 20 nitrogen and oxygen atoms in total. The highest BCUT2D eigenvalue weighted by Gasteiger charge is 2.51. The van der Waals surface area contributed by atoms with Gasteiger partial charge in [-0.1, -0.05) is 38.1 Å². The summed E-state index contributed by atoms with van der Waals surface area (Å²) < 4.78 is 46.2. The third-order valence-electron chi connectivity index (χ3n) is 15.0. The van der Waals surface area contributed by atoms with E-state index in [4.69, 9.17) is 33.2 Å². The van der Waals surface area contributed by atoms with Gasteiger partial charge in [-0.2, -0.15) is 0 Å². The summed E-state index contributed by atoms with van der Waals surface area (Å²) in [6.45, 7) is 20.1. The third kappa shape index (κ3) is 14.9. The number of aliphatic hydroxyl groups excluding tert-OH is 1. The van der Waals surface area contributed by atoms with E-state index in [1.54, 1.807) is 44.7 Å². The molecule has 0 aliphatic carbocycles. The lowest BCUT2D eigenvalue weighted by atomic mass is 9.77. The number of non-ortho nitro benzene ring substituents is 1. The van der Waals surface area contributed by atoms with E-state index >= 15 is 0 Å². The highest BCUT2D eigenvalue weighted by Crippen LogP contribution is 2.40. The van der Waals surface area contributed by atoms with Gasteiger partial charge in [-0.05, 0) is 99.7 Å². The number of methoxy groups -OCH3 is 1. The molecule has 16 atom stereocenters. The number of nitrogens with zero attached hydrogens (tertiary/aromatic N) is 6. The molecule has 3 fully saturated rings. The summed E-state index contributed by atoms with van der Waals surface area (Å²) in [6.07, 6.45) is -3.09. The van der Waals surface area contributed by atoms with Crippen molar-refractivity contribution < 1.29 is 63.0 Å². The van der Waals surface area contributed by atoms with Crippen molar-refractivity contribution >= 4 is 17.8 Å². The molecule has 396 valence electrons. The number of carbonyl (C=O) groups excluding carboxylic acids is 1. The SMILES string of the molecule is CC[C@H]1OC(=O)[C@H](C)[C@@H](O[C@H]2C[C@@](C)(OC)C[C@H](C)O2)[C@H](C)C(O[C@@H]2O[C@H](C)C[C@H](N(C)CCc3cn(CCc4ccc([N+](=O)[O-])cc4)nn3)[C@H]2O)[C@](C)(O)C[C@@H](C)CN(C)[C@H](C)C[C@]1(C)OC(=O)O. The Hall–Kier alpha value is -3.86. The van der Waals surface area contributed by atoms with Crippen molar-refractivity contribution in [3.63, 3.8) is 0 Å². The average molecular weight is 991 g/mol. The highest BCUT2D eigenvalue weighted by molar-refractivity contribution is 5.73. The Bertz CT molecular complexity index is 2010. The molecular formula is C50H82N6O14. The van der Waals surface area contributed by atoms with Crippen molar-refractivity contribution in [3.05, 3.63) is 51.8 Å². The molecule has 2 aromatic rings. The van der Waals surface area contributed by atoms with Gasteiger partial charge in [0.05, 0.1) is 52.2 Å². The van der Waals surface area contributed by atoms with Crippen molar-refractivity contribution in [3.8, 4) is 0 Å². The normalized spacial score (nSPS) is 37.5. The van der Waals surface area contributed by atoms with E-state index in [0.717, 1.165) is 11.3 Å². The predicted octanol–water partition coefficient (Wildman–Crippen LogP) is 6.02. The zero-order valence-electron chi connectivity index (χ0n) is 43.7. The summed E-state index contributed by atoms with van der Waals surface area (Å²) in [4.78, 5) is 41.6. The van der Waals surface area contributed by atoms with Gasteiger partial charge in [0.2, 0.25) is 0 Å². The number of aryl methyl sites for hydroxylation is 2. The van der Waals surface area contributed by atoms with Gasteiger partial charge in [-0.15, -0.1) is 5.10 Å². The van der Waals surface area contributed by atoms with Crippen LogP contribution in [0.25, 0.3) is 0 Å². The fraction of sp³-hybridized carbons (Fsp3) is 0.800. The van der Waals surface area contributed by atoms with Crippen LogP contribution in [-0.4, -0.2) is 170 Å². The van der Waals surface area contributed by atoms with Crippen LogP contribution >= 0.6 is 0 Å². The van der Waals surface area contributed by atoms with Crippen LogP contribution in [0.15, 0.2) is 30.5 Å². The van der Waals surface area contributed by atoms with Gasteiger partial charge in [0.1, 0.15) is 12.2 Å². The van der Waals surface area contributed by atoms with E-state index in [2.05, 4.69) is 20.1 Å². The van der Waals surface area contributed by atoms with Crippen LogP contribution in [0, 0.1) is 27.9 Å². The van der Waals surface area contributed by atoms with Crippen molar-refractivity contribution in [1.82, 2.24) is 24.8 Å². The Labute approximate surface area is 413 Å². The number of aliphatic hydroxyl groups is 2. The number of hydrogen-bond acceptors (Lipinski definition) is 17. The maximum atomic E-state index is 14.6. The van der Waals surface area contributed by atoms with Crippen LogP contribution in [0.4, 0.5) is 10.5 Å². The van der Waals surface area contributed by atoms with E-state index in [9.17, 15) is 35.0 Å². The fourth-order valence-corrected chi connectivity index (χ4v) is 11.1. The predicted molar refractivity (Wildman–Crippen MR) is 258 cm³/mol. The first-order chi connectivity index (χ1) is 32.8. The molecule has 0 radical (unpaired) electrons. The Balaban J connectivity index is 1.42. The zero-order chi connectivity index (χ0) is 51.9. The molecule has 3 N–H and O–H groups in total. The highest BCUT2D eigenvalue weighted by atomic mass is 16.7. The summed E-state index contributed by atoms with van der Waals surface area (Å²) in [5.41, 5.74) is -1.84. The van der Waals surface area contributed by atoms with Gasteiger partial charge in [0.25, 0.3) is 5.69 Å². The molecule has 0 spiro atoms. The summed E-state index contributed by atoms with van der Waals surface area (Å²) in [6, 6.07) is 5.81. The molecule has 1 aromatic carbocycles. The number of likely N-dealkylation sites (N-methyl/N-ethyl adjacent to an activating group) is 1. The average Bonchev–Trinajstić information content (AvgIpc) is 3.74. The van der Waals surface area contributed by atoms with Gasteiger partial charge >= 0.3 is 12.1 Å². The van der Waals surface area contributed by atoms with Gasteiger partial charge in [-0.25, -0.2) is 4.79 Å². The van der Waals surface area contributed by atoms with Gasteiger partial charge in [0.15, 0.2) is 18.2 Å². The lowest BCUT2D eigenvalue weighted by Crippen LogP contribution is -2.60. The largest absolute Gasteiger partial charge is 0.506 e. The Morgan fingerprint density at radius 2 is 1.69 bits per heavy atom. The minimum absolute atomic E-state index is 0.0405. The number of nitro benzene ring substituents is 1. The number of esters is 1. The van der Waals surface area contributed by atoms with Crippen LogP contribution in [0.3, 0.4) is 0 Å². The second-order valence-electron chi connectivity index (χ2n) is 21.4. The zero-order valence-corrected chi connectivity index (χ0v) is 43.7. The monoisotopic (exact) mass is 991 g/mol. The number of rotatable bonds is 15. The smallest absolute Gasteiger partial charge is 0.458 e. The van der Waals surface area contributed by atoms with Crippen LogP contribution in [0.1, 0.15) is 119 Å². The molecule has 3 aliphatic heterocycles. The van der Waals surface area contributed by atoms with Crippen LogP contribution in [0.2, 0.25) is 0 Å². The van der Waals surface area contributed by atoms with E-state index in [0.29, 0.717) is 51.7 Å². The van der Waals surface area contributed by atoms with E-state index in [-0.39, 0.29) is 49.1 Å². The molecule has 0 saturated carbocycles. The summed E-state index contributed by atoms with van der Waals surface area (Å²) >= 11 is 0. The molecule has 3 aliphatic rings. The van der Waals surface area contributed by atoms with Crippen molar-refractivity contribution in [2.45, 2.75) is 205 Å². The van der Waals surface area contributed by atoms with Crippen LogP contribution in [-0.2, 0) is 57.3 Å². The van der Waals surface area contributed by atoms with Crippen molar-refractivity contribution in [2.24, 2.45) is 17.8 Å². The number of cyclic esters (lactones) is 1. The summed E-state index contributed by atoms with van der Waals surface area (Å²) in [7, 11) is 5.50. The Kier molecular flexibility index (Phi) is 19.8. The molecular weight excluding hydrogens is 909 g/mol. The molecule has 0 bridgehead atoms. The minimum Gasteiger partial charge on any atom is -0.458 e. The summed E-state index contributed by atoms with van der Waals surface area (Å²) in [5, 5.41) is 54.7. The Morgan fingerprint density at radius 3 is 2.31 bits per heavy atom. The number of benzene rings is 1. The molecule has 1 unspecified atom stereocenters. The summed E-state index contributed by atoms with van der Waals surface area (Å²) in [5.74, 6) is -2.56. The molecule has 3 saturated heterocycles. The molecule has 0 amide bonds. The molecule has 70 heavy (non-hydrogen) atoms. The van der Waals surface area contributed by atoms with E-state index < -0.39 is 88.7 Å². The first-order valence-corrected chi connectivity index (χ1v) is 25.0. The van der Waals surface area contributed by atoms with Crippen LogP contribution < -0.4 is 0 Å². The first kappa shape index (κ1) is 57.0. The number of ether oxygens (including phenoxy) is 7. The van der Waals surface area contributed by atoms with Gasteiger partial charge in [-0.3, -0.25) is 19.6 Å². The second-order valence-corrected chi connectivity index (χ2v) is 21.4. The lowest BCUT2D eigenvalue weighted by Gasteiger charge is -2.48. The molecule has 5 rings (SSSR count). The van der Waals surface area contributed by atoms with E-state index in [1.807, 2.05) is 68.8 Å². The van der Waals surface area contributed by atoms with Crippen molar-refractivity contribution in [2.75, 3.05) is 34.3 Å². The number of carboxylic acid groups (broad SMARTS) is 1. The van der Waals surface area contributed by atoms with Crippen LogP contribution in [0.5, 0.6) is 0 Å². The molecule has 1 aromatic heterocycles.